The molecule has 0 saturated heterocycles. The number of rotatable bonds is 6. The van der Waals surface area contributed by atoms with Crippen molar-refractivity contribution in [2.45, 2.75) is 44.6 Å². The van der Waals surface area contributed by atoms with Crippen LogP contribution in [0.1, 0.15) is 71.6 Å². The number of hydrogen-bond donors (Lipinski definition) is 2. The summed E-state index contributed by atoms with van der Waals surface area (Å²) in [5.41, 5.74) is 5.34. The number of carboxylic acids is 1. The van der Waals surface area contributed by atoms with Crippen LogP contribution in [0.15, 0.2) is 54.6 Å². The van der Waals surface area contributed by atoms with E-state index >= 15 is 0 Å². The van der Waals surface area contributed by atoms with Crippen LogP contribution in [0.5, 0.6) is 0 Å². The third kappa shape index (κ3) is 3.97. The minimum absolute atomic E-state index is 0.0664. The molecule has 1 aliphatic heterocycles. The molecule has 2 aliphatic rings. The highest BCUT2D eigenvalue weighted by Gasteiger charge is 2.38. The first-order chi connectivity index (χ1) is 14.4. The third-order valence-electron chi connectivity index (χ3n) is 6.20. The van der Waals surface area contributed by atoms with Crippen LogP contribution in [0.2, 0.25) is 0 Å². The van der Waals surface area contributed by atoms with Gasteiger partial charge in [-0.2, -0.15) is 0 Å². The summed E-state index contributed by atoms with van der Waals surface area (Å²) in [5.74, 6) is -0.262. The van der Waals surface area contributed by atoms with E-state index < -0.39 is 5.97 Å². The lowest BCUT2D eigenvalue weighted by molar-refractivity contribution is -0.305. The molecule has 0 bridgehead atoms. The van der Waals surface area contributed by atoms with Crippen molar-refractivity contribution in [2.24, 2.45) is 5.92 Å². The molecule has 2 aromatic rings. The van der Waals surface area contributed by atoms with Gasteiger partial charge in [-0.1, -0.05) is 50.3 Å². The Morgan fingerprint density at radius 1 is 1.17 bits per heavy atom. The van der Waals surface area contributed by atoms with Gasteiger partial charge >= 0.3 is 0 Å². The minimum Gasteiger partial charge on any atom is -0.550 e. The molecule has 1 aliphatic carbocycles. The van der Waals surface area contributed by atoms with Gasteiger partial charge in [0, 0.05) is 36.1 Å². The van der Waals surface area contributed by atoms with Gasteiger partial charge in [0.25, 0.3) is 5.91 Å². The Morgan fingerprint density at radius 3 is 2.63 bits per heavy atom. The van der Waals surface area contributed by atoms with E-state index in [4.69, 9.17) is 0 Å². The quantitative estimate of drug-likeness (QED) is 0.724. The molecule has 0 radical (unpaired) electrons. The normalized spacial score (nSPS) is 21.6. The van der Waals surface area contributed by atoms with Gasteiger partial charge in [-0.05, 0) is 53.1 Å². The average molecular weight is 404 g/mol. The van der Waals surface area contributed by atoms with Crippen molar-refractivity contribution >= 4 is 17.6 Å². The van der Waals surface area contributed by atoms with E-state index in [0.29, 0.717) is 17.4 Å². The van der Waals surface area contributed by atoms with Crippen LogP contribution < -0.4 is 15.7 Å². The molecule has 4 rings (SSSR count). The van der Waals surface area contributed by atoms with Crippen LogP contribution in [0.4, 0.5) is 5.69 Å². The molecule has 1 amide bonds. The molecule has 0 spiro atoms. The zero-order chi connectivity index (χ0) is 21.3. The van der Waals surface area contributed by atoms with E-state index in [2.05, 4.69) is 60.9 Å². The monoisotopic (exact) mass is 403 g/mol. The fraction of sp³-hybridized carbons (Fsp3) is 0.360. The Kier molecular flexibility index (Phi) is 5.62. The molecule has 5 heteroatoms. The number of aliphatic carboxylic acids is 1. The molecule has 0 saturated carbocycles. The predicted octanol–water partition coefficient (Wildman–Crippen LogP) is 3.51. The van der Waals surface area contributed by atoms with Gasteiger partial charge in [0.2, 0.25) is 0 Å². The summed E-state index contributed by atoms with van der Waals surface area (Å²) in [7, 11) is 0. The summed E-state index contributed by atoms with van der Waals surface area (Å²) in [4.78, 5) is 23.0. The maximum absolute atomic E-state index is 12.4. The van der Waals surface area contributed by atoms with Crippen LogP contribution in [0.3, 0.4) is 0 Å². The first kappa shape index (κ1) is 20.2. The number of allylic oxidation sites excluding steroid dienone is 2. The zero-order valence-corrected chi connectivity index (χ0v) is 17.4. The molecule has 0 unspecified atom stereocenters. The zero-order valence-electron chi connectivity index (χ0n) is 17.4. The Balaban J connectivity index is 1.57. The fourth-order valence-corrected chi connectivity index (χ4v) is 4.53. The molecule has 30 heavy (non-hydrogen) atoms. The van der Waals surface area contributed by atoms with Crippen molar-refractivity contribution in [2.75, 3.05) is 11.9 Å². The van der Waals surface area contributed by atoms with E-state index in [-0.39, 0.29) is 30.8 Å². The van der Waals surface area contributed by atoms with E-state index in [0.717, 1.165) is 17.7 Å². The molecule has 2 N–H and O–H groups in total. The second-order valence-electron chi connectivity index (χ2n) is 8.48. The first-order valence-electron chi connectivity index (χ1n) is 10.6. The van der Waals surface area contributed by atoms with Gasteiger partial charge in [0.15, 0.2) is 0 Å². The van der Waals surface area contributed by atoms with Crippen molar-refractivity contribution < 1.29 is 14.7 Å². The largest absolute Gasteiger partial charge is 0.550 e. The van der Waals surface area contributed by atoms with Crippen LogP contribution in [-0.4, -0.2) is 18.4 Å². The molecule has 3 atom stereocenters. The Hall–Kier alpha value is -3.08. The lowest BCUT2D eigenvalue weighted by Gasteiger charge is -2.37. The van der Waals surface area contributed by atoms with Crippen LogP contribution >= 0.6 is 0 Å². The minimum atomic E-state index is -1.17. The second kappa shape index (κ2) is 8.34. The summed E-state index contributed by atoms with van der Waals surface area (Å²) < 4.78 is 0. The topological polar surface area (TPSA) is 81.3 Å². The number of anilines is 1. The maximum Gasteiger partial charge on any atom is 0.251 e. The van der Waals surface area contributed by atoms with E-state index in [1.807, 2.05) is 12.1 Å². The summed E-state index contributed by atoms with van der Waals surface area (Å²) in [6, 6.07) is 14.8. The number of fused-ring (bicyclic) bond motifs is 3. The highest BCUT2D eigenvalue weighted by atomic mass is 16.4. The lowest BCUT2D eigenvalue weighted by atomic mass is 9.76. The van der Waals surface area contributed by atoms with Gasteiger partial charge < -0.3 is 20.5 Å². The number of hydrogen-bond acceptors (Lipinski definition) is 4. The molecular weight excluding hydrogens is 376 g/mol. The second-order valence-corrected chi connectivity index (χ2v) is 8.48. The molecule has 5 nitrogen and oxygen atoms in total. The Bertz CT molecular complexity index is 978. The maximum atomic E-state index is 12.4. The summed E-state index contributed by atoms with van der Waals surface area (Å²) >= 11 is 0. The lowest BCUT2D eigenvalue weighted by Crippen LogP contribution is -2.32. The van der Waals surface area contributed by atoms with Crippen LogP contribution in [-0.2, 0) is 4.79 Å². The first-order valence-corrected chi connectivity index (χ1v) is 10.6. The summed E-state index contributed by atoms with van der Waals surface area (Å²) in [6.45, 7) is 4.47. The van der Waals surface area contributed by atoms with Gasteiger partial charge in [-0.3, -0.25) is 4.79 Å². The van der Waals surface area contributed by atoms with Crippen LogP contribution in [0.25, 0.3) is 0 Å². The Morgan fingerprint density at radius 2 is 1.93 bits per heavy atom. The smallest absolute Gasteiger partial charge is 0.251 e. The number of carbonyl (C=O) groups is 2. The molecular formula is C25H27N2O3-. The fourth-order valence-electron chi connectivity index (χ4n) is 4.53. The van der Waals surface area contributed by atoms with Crippen molar-refractivity contribution in [1.29, 1.82) is 0 Å². The number of carboxylic acid groups (broad SMARTS) is 1. The van der Waals surface area contributed by atoms with E-state index in [1.165, 1.54) is 11.1 Å². The molecule has 1 heterocycles. The average Bonchev–Trinajstić information content (AvgIpc) is 3.23. The molecule has 0 fully saturated rings. The number of amides is 1. The summed E-state index contributed by atoms with van der Waals surface area (Å²) in [6.07, 6.45) is 5.28. The third-order valence-corrected chi connectivity index (χ3v) is 6.20. The van der Waals surface area contributed by atoms with Gasteiger partial charge in [0.1, 0.15) is 0 Å². The number of benzene rings is 2. The van der Waals surface area contributed by atoms with Gasteiger partial charge in [-0.15, -0.1) is 0 Å². The standard InChI is InChI=1S/C25H28N2O3/c1-15(2)16-6-8-17(9-7-16)24-20-5-3-4-19(20)21-14-18(10-11-22(21)27-24)25(30)26-13-12-23(28)29/h3-4,6-11,14-15,19-20,24,27H,5,12-13H2,1-2H3,(H,26,30)(H,28,29)/p-1/t19-,20+,24-/m0/s1. The number of nitrogens with one attached hydrogen (secondary N) is 2. The highest BCUT2D eigenvalue weighted by molar-refractivity contribution is 5.95. The van der Waals surface area contributed by atoms with E-state index in [9.17, 15) is 14.7 Å². The number of carbonyl (C=O) groups excluding carboxylic acids is 2. The van der Waals surface area contributed by atoms with Crippen molar-refractivity contribution in [3.63, 3.8) is 0 Å². The predicted molar refractivity (Wildman–Crippen MR) is 115 cm³/mol. The van der Waals surface area contributed by atoms with Crippen molar-refractivity contribution in [3.05, 3.63) is 76.9 Å². The van der Waals surface area contributed by atoms with Gasteiger partial charge in [0.05, 0.1) is 6.04 Å². The molecule has 156 valence electrons. The van der Waals surface area contributed by atoms with Crippen molar-refractivity contribution in [1.82, 2.24) is 5.32 Å². The SMILES string of the molecule is CC(C)c1ccc([C@@H]2Nc3ccc(C(=O)NCCC(=O)[O-])cc3[C@H]3C=CC[C@H]32)cc1. The molecule has 0 aromatic heterocycles. The van der Waals surface area contributed by atoms with E-state index in [1.54, 1.807) is 6.07 Å². The summed E-state index contributed by atoms with van der Waals surface area (Å²) in [5, 5.41) is 16.9. The molecule has 2 aromatic carbocycles. The highest BCUT2D eigenvalue weighted by Crippen LogP contribution is 2.50. The van der Waals surface area contributed by atoms with Crippen LogP contribution in [0, 0.1) is 5.92 Å². The van der Waals surface area contributed by atoms with Crippen molar-refractivity contribution in [3.8, 4) is 0 Å². The van der Waals surface area contributed by atoms with Gasteiger partial charge in [-0.25, -0.2) is 0 Å². The Labute approximate surface area is 177 Å².